The minimum Gasteiger partial charge on any atom is -0.482 e. The number of esters is 1. The molecule has 1 heterocycles. The van der Waals surface area contributed by atoms with Crippen molar-refractivity contribution in [2.24, 2.45) is 0 Å². The van der Waals surface area contributed by atoms with E-state index in [4.69, 9.17) is 32.7 Å². The van der Waals surface area contributed by atoms with Gasteiger partial charge in [-0.2, -0.15) is 13.2 Å². The number of hydrogen-bond acceptors (Lipinski definition) is 6. The van der Waals surface area contributed by atoms with E-state index >= 15 is 0 Å². The van der Waals surface area contributed by atoms with E-state index in [1.165, 1.54) is 68.4 Å². The van der Waals surface area contributed by atoms with E-state index < -0.39 is 35.1 Å². The Kier molecular flexibility index (Phi) is 7.75. The van der Waals surface area contributed by atoms with E-state index in [1.807, 2.05) is 0 Å². The SMILES string of the molecule is COC(=O)c1ccc(Oc2ccc(Cl)c([C@H](C)[C@](O)(c3ccc4c(c3)N(C)C(=O)CO4)C(F)(F)F)c2)cc1Cl. The summed E-state index contributed by atoms with van der Waals surface area (Å²) in [5.41, 5.74) is -3.76. The van der Waals surface area contributed by atoms with Gasteiger partial charge in [0.15, 0.2) is 12.2 Å². The quantitative estimate of drug-likeness (QED) is 0.334. The average Bonchev–Trinajstić information content (AvgIpc) is 2.90. The number of methoxy groups -OCH3 is 1. The van der Waals surface area contributed by atoms with Crippen molar-refractivity contribution in [3.8, 4) is 17.2 Å². The molecule has 3 aromatic carbocycles. The molecule has 39 heavy (non-hydrogen) atoms. The Bertz CT molecular complexity index is 1450. The third-order valence-corrected chi connectivity index (χ3v) is 7.22. The molecule has 7 nitrogen and oxygen atoms in total. The van der Waals surface area contributed by atoms with Gasteiger partial charge in [-0.15, -0.1) is 0 Å². The average molecular weight is 584 g/mol. The molecule has 0 saturated carbocycles. The summed E-state index contributed by atoms with van der Waals surface area (Å²) < 4.78 is 59.5. The maximum Gasteiger partial charge on any atom is 0.422 e. The summed E-state index contributed by atoms with van der Waals surface area (Å²) in [5.74, 6) is -2.20. The second kappa shape index (κ2) is 10.6. The Balaban J connectivity index is 1.73. The normalized spacial score (nSPS) is 15.6. The Morgan fingerprint density at radius 1 is 1.05 bits per heavy atom. The van der Waals surface area contributed by atoms with Gasteiger partial charge in [-0.05, 0) is 53.6 Å². The second-order valence-electron chi connectivity index (χ2n) is 8.83. The molecule has 0 bridgehead atoms. The number of hydrogen-bond donors (Lipinski definition) is 1. The second-order valence-corrected chi connectivity index (χ2v) is 9.64. The lowest BCUT2D eigenvalue weighted by atomic mass is 9.77. The smallest absolute Gasteiger partial charge is 0.422 e. The third kappa shape index (κ3) is 5.24. The highest BCUT2D eigenvalue weighted by molar-refractivity contribution is 6.33. The van der Waals surface area contributed by atoms with Crippen LogP contribution in [-0.4, -0.2) is 43.9 Å². The van der Waals surface area contributed by atoms with Crippen molar-refractivity contribution >= 4 is 40.8 Å². The van der Waals surface area contributed by atoms with Crippen LogP contribution in [0.2, 0.25) is 10.0 Å². The number of benzene rings is 3. The van der Waals surface area contributed by atoms with Crippen LogP contribution in [0.1, 0.15) is 34.3 Å². The number of aliphatic hydroxyl groups is 1. The number of ether oxygens (including phenoxy) is 3. The minimum atomic E-state index is -5.14. The van der Waals surface area contributed by atoms with Gasteiger partial charge >= 0.3 is 12.1 Å². The number of likely N-dealkylation sites (N-methyl/N-ethyl adjacent to an activating group) is 1. The van der Waals surface area contributed by atoms with Crippen LogP contribution in [-0.2, 0) is 15.1 Å². The van der Waals surface area contributed by atoms with Crippen LogP contribution in [0.25, 0.3) is 0 Å². The Labute approximate surface area is 231 Å². The van der Waals surface area contributed by atoms with Crippen LogP contribution in [0.3, 0.4) is 0 Å². The summed E-state index contributed by atoms with van der Waals surface area (Å²) in [4.78, 5) is 25.0. The van der Waals surface area contributed by atoms with Gasteiger partial charge in [0, 0.05) is 24.1 Å². The van der Waals surface area contributed by atoms with Crippen molar-refractivity contribution < 1.29 is 42.1 Å². The van der Waals surface area contributed by atoms with E-state index in [0.29, 0.717) is 0 Å². The van der Waals surface area contributed by atoms with E-state index in [0.717, 1.165) is 12.1 Å². The van der Waals surface area contributed by atoms with Gasteiger partial charge in [0.25, 0.3) is 5.91 Å². The van der Waals surface area contributed by atoms with E-state index in [9.17, 15) is 27.9 Å². The molecule has 1 N–H and O–H groups in total. The molecule has 0 aromatic heterocycles. The fraction of sp³-hybridized carbons (Fsp3) is 0.259. The van der Waals surface area contributed by atoms with Crippen LogP contribution in [0.5, 0.6) is 17.2 Å². The first-order chi connectivity index (χ1) is 18.3. The number of carbonyl (C=O) groups excluding carboxylic acids is 2. The van der Waals surface area contributed by atoms with Crippen LogP contribution in [0.4, 0.5) is 18.9 Å². The number of nitrogens with zero attached hydrogens (tertiary/aromatic N) is 1. The van der Waals surface area contributed by atoms with Crippen molar-refractivity contribution in [1.29, 1.82) is 0 Å². The van der Waals surface area contributed by atoms with Crippen molar-refractivity contribution in [3.05, 3.63) is 81.3 Å². The summed E-state index contributed by atoms with van der Waals surface area (Å²) in [6.07, 6.45) is -5.14. The summed E-state index contributed by atoms with van der Waals surface area (Å²) in [6.45, 7) is 0.938. The highest BCUT2D eigenvalue weighted by Gasteiger charge is 2.59. The molecular weight excluding hydrogens is 562 g/mol. The Morgan fingerprint density at radius 3 is 2.36 bits per heavy atom. The predicted octanol–water partition coefficient (Wildman–Crippen LogP) is 6.48. The summed E-state index contributed by atoms with van der Waals surface area (Å²) in [6, 6.07) is 11.7. The number of amides is 1. The molecule has 0 fully saturated rings. The van der Waals surface area contributed by atoms with Gasteiger partial charge < -0.3 is 24.2 Å². The number of rotatable bonds is 6. The molecule has 206 valence electrons. The van der Waals surface area contributed by atoms with Gasteiger partial charge in [-0.1, -0.05) is 36.2 Å². The van der Waals surface area contributed by atoms with Crippen LogP contribution in [0, 0.1) is 0 Å². The summed E-state index contributed by atoms with van der Waals surface area (Å²) >= 11 is 12.4. The molecule has 1 aliphatic rings. The lowest BCUT2D eigenvalue weighted by Gasteiger charge is -2.38. The first kappa shape index (κ1) is 28.5. The zero-order valence-electron chi connectivity index (χ0n) is 20.8. The molecule has 1 amide bonds. The lowest BCUT2D eigenvalue weighted by molar-refractivity contribution is -0.274. The fourth-order valence-corrected chi connectivity index (χ4v) is 4.81. The standard InChI is InChI=1S/C27H22Cl2F3NO6/c1-14(26(36,27(30,31)32)15-4-9-23-22(10-15)33(2)24(34)13-38-23)19-11-16(6-8-20(19)28)39-17-5-7-18(21(29)12-17)25(35)37-3/h4-12,14,36H,13H2,1-3H3/t14-,26-/m0/s1. The van der Waals surface area contributed by atoms with Crippen LogP contribution in [0.15, 0.2) is 54.6 Å². The number of halogens is 5. The van der Waals surface area contributed by atoms with E-state index in [2.05, 4.69) is 4.74 Å². The summed E-state index contributed by atoms with van der Waals surface area (Å²) in [7, 11) is 2.61. The highest BCUT2D eigenvalue weighted by Crippen LogP contribution is 2.51. The molecule has 4 rings (SSSR count). The highest BCUT2D eigenvalue weighted by atomic mass is 35.5. The molecule has 1 aliphatic heterocycles. The van der Waals surface area contributed by atoms with Crippen LogP contribution >= 0.6 is 23.2 Å². The lowest BCUT2D eigenvalue weighted by Crippen LogP contribution is -2.47. The first-order valence-corrected chi connectivity index (χ1v) is 12.2. The molecule has 0 aliphatic carbocycles. The molecule has 3 aromatic rings. The molecule has 0 saturated heterocycles. The van der Waals surface area contributed by atoms with Gasteiger partial charge in [0.1, 0.15) is 17.2 Å². The number of alkyl halides is 3. The van der Waals surface area contributed by atoms with Crippen molar-refractivity contribution in [3.63, 3.8) is 0 Å². The zero-order chi connectivity index (χ0) is 28.7. The molecule has 0 radical (unpaired) electrons. The predicted molar refractivity (Wildman–Crippen MR) is 138 cm³/mol. The minimum absolute atomic E-state index is 0.0369. The molecule has 12 heteroatoms. The molecular formula is C27H22Cl2F3NO6. The zero-order valence-corrected chi connectivity index (χ0v) is 22.3. The molecule has 0 spiro atoms. The van der Waals surface area contributed by atoms with Crippen molar-refractivity contribution in [2.45, 2.75) is 24.6 Å². The van der Waals surface area contributed by atoms with Gasteiger partial charge in [-0.3, -0.25) is 4.79 Å². The Hall–Kier alpha value is -3.47. The van der Waals surface area contributed by atoms with Crippen LogP contribution < -0.4 is 14.4 Å². The topological polar surface area (TPSA) is 85.3 Å². The van der Waals surface area contributed by atoms with Crippen molar-refractivity contribution in [2.75, 3.05) is 25.7 Å². The fourth-order valence-electron chi connectivity index (χ4n) is 4.28. The maximum absolute atomic E-state index is 14.6. The van der Waals surface area contributed by atoms with E-state index in [-0.39, 0.29) is 50.7 Å². The maximum atomic E-state index is 14.6. The van der Waals surface area contributed by atoms with Gasteiger partial charge in [0.2, 0.25) is 0 Å². The monoisotopic (exact) mass is 583 g/mol. The van der Waals surface area contributed by atoms with E-state index in [1.54, 1.807) is 0 Å². The summed E-state index contributed by atoms with van der Waals surface area (Å²) in [5, 5.41) is 11.3. The number of fused-ring (bicyclic) bond motifs is 1. The van der Waals surface area contributed by atoms with Gasteiger partial charge in [-0.25, -0.2) is 4.79 Å². The van der Waals surface area contributed by atoms with Gasteiger partial charge in [0.05, 0.1) is 23.4 Å². The number of carbonyl (C=O) groups is 2. The largest absolute Gasteiger partial charge is 0.482 e. The Morgan fingerprint density at radius 2 is 1.72 bits per heavy atom. The van der Waals surface area contributed by atoms with Crippen molar-refractivity contribution in [1.82, 2.24) is 0 Å². The molecule has 2 atom stereocenters. The molecule has 0 unspecified atom stereocenters. The first-order valence-electron chi connectivity index (χ1n) is 11.5. The number of anilines is 1. The third-order valence-electron chi connectivity index (χ3n) is 6.56.